The highest BCUT2D eigenvalue weighted by molar-refractivity contribution is 6.21. The molecule has 1 amide bonds. The molecule has 7 heavy (non-hydrogen) atoms. The van der Waals surface area contributed by atoms with E-state index < -0.39 is 0 Å². The number of alkyl halides is 1. The second-order valence-electron chi connectivity index (χ2n) is 1.45. The monoisotopic (exact) mass is 121 g/mol. The van der Waals surface area contributed by atoms with Crippen LogP contribution in [0.25, 0.3) is 0 Å². The topological polar surface area (TPSA) is 43.1 Å². The molecule has 1 unspecified atom stereocenters. The van der Waals surface area contributed by atoms with Gasteiger partial charge in [-0.3, -0.25) is 4.79 Å². The number of nitrogens with two attached hydrogens (primary N) is 1. The van der Waals surface area contributed by atoms with Gasteiger partial charge in [0.1, 0.15) is 0 Å². The van der Waals surface area contributed by atoms with Gasteiger partial charge in [-0.2, -0.15) is 0 Å². The maximum Gasteiger partial charge on any atom is 0.218 e. The number of hydrogen-bond acceptors (Lipinski definition) is 1. The van der Waals surface area contributed by atoms with E-state index in [4.69, 9.17) is 17.3 Å². The van der Waals surface area contributed by atoms with Crippen LogP contribution in [-0.2, 0) is 4.79 Å². The van der Waals surface area contributed by atoms with Gasteiger partial charge in [0.2, 0.25) is 5.91 Å². The number of primary amides is 1. The predicted octanol–water partition coefficient (Wildman–Crippen LogP) is 0.489. The van der Waals surface area contributed by atoms with Crippen molar-refractivity contribution >= 4 is 17.5 Å². The van der Waals surface area contributed by atoms with Gasteiger partial charge in [-0.15, -0.1) is 11.6 Å². The highest BCUT2D eigenvalue weighted by Gasteiger charge is 1.98. The van der Waals surface area contributed by atoms with E-state index in [1.165, 1.54) is 0 Å². The average molecular weight is 122 g/mol. The number of carbonyl (C=O) groups is 1. The lowest BCUT2D eigenvalue weighted by atomic mass is 10.3. The van der Waals surface area contributed by atoms with Crippen molar-refractivity contribution in [3.8, 4) is 0 Å². The minimum Gasteiger partial charge on any atom is -0.370 e. The first-order valence-corrected chi connectivity index (χ1v) is 2.49. The fourth-order valence-electron chi connectivity index (χ4n) is 0.277. The summed E-state index contributed by atoms with van der Waals surface area (Å²) in [6.45, 7) is 1.73. The lowest BCUT2D eigenvalue weighted by molar-refractivity contribution is -0.117. The molecule has 42 valence electrons. The zero-order valence-corrected chi connectivity index (χ0v) is 4.90. The third kappa shape index (κ3) is 5.76. The third-order valence-electron chi connectivity index (χ3n) is 0.482. The molecule has 2 nitrogen and oxygen atoms in total. The van der Waals surface area contributed by atoms with E-state index in [9.17, 15) is 4.79 Å². The number of halogens is 1. The summed E-state index contributed by atoms with van der Waals surface area (Å²) in [5.74, 6) is -0.345. The fraction of sp³-hybridized carbons (Fsp3) is 0.750. The van der Waals surface area contributed by atoms with E-state index >= 15 is 0 Å². The molecule has 0 rings (SSSR count). The highest BCUT2D eigenvalue weighted by atomic mass is 35.5. The normalized spacial score (nSPS) is 13.4. The molecule has 1 atom stereocenters. The van der Waals surface area contributed by atoms with Crippen molar-refractivity contribution in [2.75, 3.05) is 0 Å². The van der Waals surface area contributed by atoms with Gasteiger partial charge in [0.05, 0.1) is 0 Å². The molecule has 0 saturated carbocycles. The second kappa shape index (κ2) is 2.86. The Kier molecular flexibility index (Phi) is 2.76. The van der Waals surface area contributed by atoms with Crippen LogP contribution < -0.4 is 5.73 Å². The summed E-state index contributed by atoms with van der Waals surface area (Å²) < 4.78 is 0. The van der Waals surface area contributed by atoms with Crippen LogP contribution in [0.1, 0.15) is 13.3 Å². The van der Waals surface area contributed by atoms with Crippen LogP contribution in [-0.4, -0.2) is 11.3 Å². The molecule has 0 saturated heterocycles. The van der Waals surface area contributed by atoms with E-state index in [1.54, 1.807) is 6.92 Å². The van der Waals surface area contributed by atoms with Crippen LogP contribution >= 0.6 is 11.6 Å². The summed E-state index contributed by atoms with van der Waals surface area (Å²) >= 11 is 5.37. The lowest BCUT2D eigenvalue weighted by Gasteiger charge is -1.93. The van der Waals surface area contributed by atoms with Gasteiger partial charge in [-0.25, -0.2) is 0 Å². The highest BCUT2D eigenvalue weighted by Crippen LogP contribution is 1.96. The molecular weight excluding hydrogens is 114 g/mol. The molecule has 0 aliphatic heterocycles. The molecule has 0 aliphatic carbocycles. The Hall–Kier alpha value is -0.240. The summed E-state index contributed by atoms with van der Waals surface area (Å²) in [7, 11) is 0. The Balaban J connectivity index is 3.13. The quantitative estimate of drug-likeness (QED) is 0.531. The summed E-state index contributed by atoms with van der Waals surface area (Å²) in [4.78, 5) is 9.95. The SMILES string of the molecule is CC(Cl)CC(N)=O. The Morgan fingerprint density at radius 3 is 2.43 bits per heavy atom. The summed E-state index contributed by atoms with van der Waals surface area (Å²) in [6, 6.07) is 0. The van der Waals surface area contributed by atoms with Crippen LogP contribution in [0.5, 0.6) is 0 Å². The number of amides is 1. The van der Waals surface area contributed by atoms with Crippen LogP contribution in [0.3, 0.4) is 0 Å². The molecule has 0 spiro atoms. The third-order valence-corrected chi connectivity index (χ3v) is 0.637. The number of rotatable bonds is 2. The molecule has 0 aliphatic rings. The van der Waals surface area contributed by atoms with Gasteiger partial charge >= 0.3 is 0 Å². The fourth-order valence-corrected chi connectivity index (χ4v) is 0.429. The predicted molar refractivity (Wildman–Crippen MR) is 29.1 cm³/mol. The van der Waals surface area contributed by atoms with Crippen LogP contribution in [0.2, 0.25) is 0 Å². The lowest BCUT2D eigenvalue weighted by Crippen LogP contribution is -2.14. The van der Waals surface area contributed by atoms with Crippen molar-refractivity contribution < 1.29 is 4.79 Å². The first kappa shape index (κ1) is 6.76. The number of hydrogen-bond donors (Lipinski definition) is 1. The summed E-state index contributed by atoms with van der Waals surface area (Å²) in [5, 5.41) is -0.127. The van der Waals surface area contributed by atoms with E-state index in [0.717, 1.165) is 0 Å². The Morgan fingerprint density at radius 2 is 2.43 bits per heavy atom. The minimum absolute atomic E-state index is 0.127. The van der Waals surface area contributed by atoms with Crippen molar-refractivity contribution in [2.45, 2.75) is 18.7 Å². The maximum atomic E-state index is 9.95. The molecule has 3 heteroatoms. The molecule has 2 N–H and O–H groups in total. The minimum atomic E-state index is -0.345. The van der Waals surface area contributed by atoms with Gasteiger partial charge < -0.3 is 5.73 Å². The zero-order valence-electron chi connectivity index (χ0n) is 4.15. The van der Waals surface area contributed by atoms with Crippen LogP contribution in [0, 0.1) is 0 Å². The molecule has 0 fully saturated rings. The van der Waals surface area contributed by atoms with Crippen molar-refractivity contribution in [1.82, 2.24) is 0 Å². The van der Waals surface area contributed by atoms with E-state index in [0.29, 0.717) is 0 Å². The van der Waals surface area contributed by atoms with Crippen molar-refractivity contribution in [3.63, 3.8) is 0 Å². The zero-order chi connectivity index (χ0) is 5.86. The standard InChI is InChI=1S/C4H8ClNO/c1-3(5)2-4(6)7/h3H,2H2,1H3,(H2,6,7). The number of carbonyl (C=O) groups excluding carboxylic acids is 1. The first-order chi connectivity index (χ1) is 3.13. The Bertz CT molecular complexity index is 72.1. The molecule has 0 aromatic carbocycles. The van der Waals surface area contributed by atoms with Crippen molar-refractivity contribution in [3.05, 3.63) is 0 Å². The molecule has 0 heterocycles. The molecule has 0 aromatic heterocycles. The summed E-state index contributed by atoms with van der Waals surface area (Å²) in [6.07, 6.45) is 0.265. The van der Waals surface area contributed by atoms with E-state index in [2.05, 4.69) is 0 Å². The molecule has 0 aromatic rings. The Morgan fingerprint density at radius 1 is 2.00 bits per heavy atom. The van der Waals surface area contributed by atoms with Gasteiger partial charge in [-0.1, -0.05) is 0 Å². The Labute approximate surface area is 47.6 Å². The van der Waals surface area contributed by atoms with E-state index in [-0.39, 0.29) is 17.7 Å². The molecule has 0 bridgehead atoms. The second-order valence-corrected chi connectivity index (χ2v) is 2.20. The average Bonchev–Trinajstić information content (AvgIpc) is 1.27. The van der Waals surface area contributed by atoms with Gasteiger partial charge in [0.25, 0.3) is 0 Å². The van der Waals surface area contributed by atoms with Gasteiger partial charge in [-0.05, 0) is 6.92 Å². The molecular formula is C4H8ClNO. The van der Waals surface area contributed by atoms with Gasteiger partial charge in [0.15, 0.2) is 0 Å². The van der Waals surface area contributed by atoms with Crippen molar-refractivity contribution in [2.24, 2.45) is 5.73 Å². The van der Waals surface area contributed by atoms with E-state index in [1.807, 2.05) is 0 Å². The largest absolute Gasteiger partial charge is 0.370 e. The molecule has 0 radical (unpaired) electrons. The van der Waals surface area contributed by atoms with Gasteiger partial charge in [0, 0.05) is 11.8 Å². The van der Waals surface area contributed by atoms with Crippen LogP contribution in [0.4, 0.5) is 0 Å². The maximum absolute atomic E-state index is 9.95. The smallest absolute Gasteiger partial charge is 0.218 e. The van der Waals surface area contributed by atoms with Crippen molar-refractivity contribution in [1.29, 1.82) is 0 Å². The van der Waals surface area contributed by atoms with Crippen LogP contribution in [0.15, 0.2) is 0 Å². The first-order valence-electron chi connectivity index (χ1n) is 2.05. The summed E-state index contributed by atoms with van der Waals surface area (Å²) in [5.41, 5.74) is 4.77.